The second-order valence-electron chi connectivity index (χ2n) is 4.95. The van der Waals surface area contributed by atoms with E-state index >= 15 is 0 Å². The molecular formula is C13H20ClN3O3S. The first-order chi connectivity index (χ1) is 9.41. The van der Waals surface area contributed by atoms with E-state index in [1.54, 1.807) is 12.1 Å². The third-order valence-corrected chi connectivity index (χ3v) is 5.07. The molecule has 1 aromatic rings. The summed E-state index contributed by atoms with van der Waals surface area (Å²) in [4.78, 5) is 12.1. The molecule has 6 nitrogen and oxygen atoms in total. The lowest BCUT2D eigenvalue weighted by Gasteiger charge is -2.14. The van der Waals surface area contributed by atoms with E-state index < -0.39 is 10.0 Å². The summed E-state index contributed by atoms with van der Waals surface area (Å²) in [6.45, 7) is 0.840. The maximum Gasteiger partial charge on any atom is 0.242 e. The fourth-order valence-electron chi connectivity index (χ4n) is 2.08. The van der Waals surface area contributed by atoms with Gasteiger partial charge in [0.1, 0.15) is 0 Å². The standard InChI is InChI=1S/C13H19N3O3S.ClH/c1-16(2)20(18,19)11-6-3-5-10(9-11)15-13(17)12-7-4-8-14-12;/h3,5-6,9,12,14H,4,7-8H2,1-2H3,(H,15,17);1H/t12-;/m0./s1. The number of rotatable bonds is 4. The monoisotopic (exact) mass is 333 g/mol. The van der Waals surface area contributed by atoms with Gasteiger partial charge in [-0.1, -0.05) is 6.07 Å². The van der Waals surface area contributed by atoms with E-state index in [4.69, 9.17) is 0 Å². The Morgan fingerprint density at radius 2 is 2.10 bits per heavy atom. The summed E-state index contributed by atoms with van der Waals surface area (Å²) < 4.78 is 25.2. The quantitative estimate of drug-likeness (QED) is 0.863. The molecule has 1 aliphatic heterocycles. The van der Waals surface area contributed by atoms with Crippen molar-refractivity contribution in [1.29, 1.82) is 0 Å². The molecule has 1 saturated heterocycles. The van der Waals surface area contributed by atoms with Crippen molar-refractivity contribution in [2.24, 2.45) is 0 Å². The molecule has 2 N–H and O–H groups in total. The molecule has 0 spiro atoms. The second kappa shape index (κ2) is 7.22. The Labute approximate surface area is 131 Å². The van der Waals surface area contributed by atoms with Crippen LogP contribution in [0.25, 0.3) is 0 Å². The molecule has 8 heteroatoms. The Kier molecular flexibility index (Phi) is 6.15. The zero-order valence-corrected chi connectivity index (χ0v) is 13.6. The van der Waals surface area contributed by atoms with E-state index in [0.717, 1.165) is 23.7 Å². The number of carbonyl (C=O) groups excluding carboxylic acids is 1. The van der Waals surface area contributed by atoms with Crippen LogP contribution in [0, 0.1) is 0 Å². The molecule has 1 atom stereocenters. The average Bonchev–Trinajstić information content (AvgIpc) is 2.92. The zero-order chi connectivity index (χ0) is 14.8. The number of sulfonamides is 1. The SMILES string of the molecule is CN(C)S(=O)(=O)c1cccc(NC(=O)[C@@H]2CCCN2)c1.Cl. The molecule has 1 heterocycles. The van der Waals surface area contributed by atoms with E-state index in [-0.39, 0.29) is 29.3 Å². The smallest absolute Gasteiger partial charge is 0.242 e. The zero-order valence-electron chi connectivity index (χ0n) is 12.0. The highest BCUT2D eigenvalue weighted by atomic mass is 35.5. The largest absolute Gasteiger partial charge is 0.325 e. The molecular weight excluding hydrogens is 314 g/mol. The molecule has 1 aromatic carbocycles. The molecule has 1 fully saturated rings. The van der Waals surface area contributed by atoms with Crippen LogP contribution in [0.4, 0.5) is 5.69 Å². The number of hydrogen-bond donors (Lipinski definition) is 2. The van der Waals surface area contributed by atoms with Gasteiger partial charge < -0.3 is 10.6 Å². The van der Waals surface area contributed by atoms with Gasteiger partial charge in [0.05, 0.1) is 10.9 Å². The lowest BCUT2D eigenvalue weighted by atomic mass is 10.2. The molecule has 0 aliphatic carbocycles. The number of carbonyl (C=O) groups is 1. The van der Waals surface area contributed by atoms with Crippen LogP contribution in [-0.4, -0.2) is 45.3 Å². The summed E-state index contributed by atoms with van der Waals surface area (Å²) in [6.07, 6.45) is 1.79. The first kappa shape index (κ1) is 17.9. The van der Waals surface area contributed by atoms with Crippen molar-refractivity contribution in [2.75, 3.05) is 26.0 Å². The minimum Gasteiger partial charge on any atom is -0.325 e. The number of benzene rings is 1. The van der Waals surface area contributed by atoms with Crippen LogP contribution in [0.5, 0.6) is 0 Å². The Morgan fingerprint density at radius 3 is 2.67 bits per heavy atom. The van der Waals surface area contributed by atoms with Crippen LogP contribution in [0.1, 0.15) is 12.8 Å². The second-order valence-corrected chi connectivity index (χ2v) is 7.11. The highest BCUT2D eigenvalue weighted by Gasteiger charge is 2.23. The van der Waals surface area contributed by atoms with Crippen LogP contribution in [-0.2, 0) is 14.8 Å². The van der Waals surface area contributed by atoms with Crippen molar-refractivity contribution in [3.05, 3.63) is 24.3 Å². The molecule has 118 valence electrons. The van der Waals surface area contributed by atoms with E-state index in [1.807, 2.05) is 0 Å². The molecule has 0 unspecified atom stereocenters. The molecule has 0 bridgehead atoms. The summed E-state index contributed by atoms with van der Waals surface area (Å²) in [7, 11) is -0.537. The summed E-state index contributed by atoms with van der Waals surface area (Å²) in [5.41, 5.74) is 0.492. The van der Waals surface area contributed by atoms with E-state index in [9.17, 15) is 13.2 Å². The Morgan fingerprint density at radius 1 is 1.38 bits per heavy atom. The Hall–Kier alpha value is -1.15. The number of halogens is 1. The average molecular weight is 334 g/mol. The fourth-order valence-corrected chi connectivity index (χ4v) is 3.03. The van der Waals surface area contributed by atoms with Gasteiger partial charge in [0, 0.05) is 19.8 Å². The maximum absolute atomic E-state index is 12.0. The molecule has 0 radical (unpaired) electrons. The van der Waals surface area contributed by atoms with Crippen molar-refractivity contribution in [3.8, 4) is 0 Å². The minimum absolute atomic E-state index is 0. The Balaban J connectivity index is 0.00000220. The lowest BCUT2D eigenvalue weighted by molar-refractivity contribution is -0.117. The summed E-state index contributed by atoms with van der Waals surface area (Å²) in [5.74, 6) is -0.123. The first-order valence-electron chi connectivity index (χ1n) is 6.48. The summed E-state index contributed by atoms with van der Waals surface area (Å²) in [6, 6.07) is 6.10. The van der Waals surface area contributed by atoms with Gasteiger partial charge in [-0.05, 0) is 37.6 Å². The normalized spacial score (nSPS) is 18.3. The maximum atomic E-state index is 12.0. The topological polar surface area (TPSA) is 78.5 Å². The summed E-state index contributed by atoms with van der Waals surface area (Å²) in [5, 5.41) is 5.85. The van der Waals surface area contributed by atoms with Crippen molar-refractivity contribution >= 4 is 34.0 Å². The van der Waals surface area contributed by atoms with Gasteiger partial charge in [-0.25, -0.2) is 12.7 Å². The number of hydrogen-bond acceptors (Lipinski definition) is 4. The number of amides is 1. The fraction of sp³-hybridized carbons (Fsp3) is 0.462. The molecule has 0 saturated carbocycles. The van der Waals surface area contributed by atoms with Gasteiger partial charge >= 0.3 is 0 Å². The highest BCUT2D eigenvalue weighted by Crippen LogP contribution is 2.18. The van der Waals surface area contributed by atoms with Crippen molar-refractivity contribution in [1.82, 2.24) is 9.62 Å². The predicted octanol–water partition coefficient (Wildman–Crippen LogP) is 1.05. The minimum atomic E-state index is -3.49. The first-order valence-corrected chi connectivity index (χ1v) is 7.92. The summed E-state index contributed by atoms with van der Waals surface area (Å²) >= 11 is 0. The van der Waals surface area contributed by atoms with Gasteiger partial charge in [0.15, 0.2) is 0 Å². The third-order valence-electron chi connectivity index (χ3n) is 3.26. The van der Waals surface area contributed by atoms with Crippen molar-refractivity contribution in [3.63, 3.8) is 0 Å². The van der Waals surface area contributed by atoms with E-state index in [0.29, 0.717) is 5.69 Å². The van der Waals surface area contributed by atoms with Crippen LogP contribution < -0.4 is 10.6 Å². The highest BCUT2D eigenvalue weighted by molar-refractivity contribution is 7.89. The van der Waals surface area contributed by atoms with E-state index in [2.05, 4.69) is 10.6 Å². The van der Waals surface area contributed by atoms with Gasteiger partial charge in [0.25, 0.3) is 0 Å². The number of nitrogens with zero attached hydrogens (tertiary/aromatic N) is 1. The number of nitrogens with one attached hydrogen (secondary N) is 2. The van der Waals surface area contributed by atoms with Gasteiger partial charge in [0.2, 0.25) is 15.9 Å². The van der Waals surface area contributed by atoms with Crippen LogP contribution >= 0.6 is 12.4 Å². The van der Waals surface area contributed by atoms with Crippen LogP contribution in [0.3, 0.4) is 0 Å². The third kappa shape index (κ3) is 4.16. The molecule has 2 rings (SSSR count). The molecule has 1 amide bonds. The van der Waals surface area contributed by atoms with Crippen LogP contribution in [0.2, 0.25) is 0 Å². The molecule has 1 aliphatic rings. The van der Waals surface area contributed by atoms with Crippen molar-refractivity contribution in [2.45, 2.75) is 23.8 Å². The van der Waals surface area contributed by atoms with Gasteiger partial charge in [-0.15, -0.1) is 12.4 Å². The van der Waals surface area contributed by atoms with E-state index in [1.165, 1.54) is 26.2 Å². The predicted molar refractivity (Wildman–Crippen MR) is 84.2 cm³/mol. The van der Waals surface area contributed by atoms with Gasteiger partial charge in [-0.3, -0.25) is 4.79 Å². The molecule has 21 heavy (non-hydrogen) atoms. The Bertz CT molecular complexity index is 598. The van der Waals surface area contributed by atoms with Crippen LogP contribution in [0.15, 0.2) is 29.2 Å². The molecule has 0 aromatic heterocycles. The van der Waals surface area contributed by atoms with Gasteiger partial charge in [-0.2, -0.15) is 0 Å². The van der Waals surface area contributed by atoms with Crippen molar-refractivity contribution < 1.29 is 13.2 Å². The lowest BCUT2D eigenvalue weighted by Crippen LogP contribution is -2.35. The number of anilines is 1.